The maximum Gasteiger partial charge on any atom is 0.324 e. The Hall–Kier alpha value is -2.90. The smallest absolute Gasteiger partial charge is 0.324 e. The Morgan fingerprint density at radius 1 is 0.643 bits per heavy atom. The van der Waals surface area contributed by atoms with E-state index in [0.717, 1.165) is 11.1 Å². The summed E-state index contributed by atoms with van der Waals surface area (Å²) in [6.45, 7) is 0. The number of hydrogen-bond acceptors (Lipinski definition) is 8. The van der Waals surface area contributed by atoms with Gasteiger partial charge in [0, 0.05) is 23.7 Å². The van der Waals surface area contributed by atoms with Crippen molar-refractivity contribution < 1.29 is 38.1 Å². The third kappa shape index (κ3) is 1.76. The molecular formula is C20H20O8. The van der Waals surface area contributed by atoms with Crippen molar-refractivity contribution >= 4 is 23.9 Å². The number of carbonyl (C=O) groups is 4. The summed E-state index contributed by atoms with van der Waals surface area (Å²) in [5.41, 5.74) is -1.72. The van der Waals surface area contributed by atoms with Crippen LogP contribution >= 0.6 is 0 Å². The molecule has 0 aromatic heterocycles. The van der Waals surface area contributed by atoms with Crippen LogP contribution in [0.4, 0.5) is 0 Å². The van der Waals surface area contributed by atoms with Crippen molar-refractivity contribution in [2.24, 2.45) is 22.7 Å². The average Bonchev–Trinajstić information content (AvgIpc) is 3.61. The zero-order chi connectivity index (χ0) is 20.4. The molecule has 148 valence electrons. The minimum atomic E-state index is -1.59. The lowest BCUT2D eigenvalue weighted by atomic mass is 9.90. The third-order valence-electron chi connectivity index (χ3n) is 6.68. The summed E-state index contributed by atoms with van der Waals surface area (Å²) in [5, 5.41) is 0. The lowest BCUT2D eigenvalue weighted by Crippen LogP contribution is -2.35. The Morgan fingerprint density at radius 2 is 0.929 bits per heavy atom. The van der Waals surface area contributed by atoms with E-state index in [9.17, 15) is 19.2 Å². The highest BCUT2D eigenvalue weighted by atomic mass is 16.6. The molecule has 3 aliphatic rings. The van der Waals surface area contributed by atoms with E-state index in [1.807, 2.05) is 0 Å². The van der Waals surface area contributed by atoms with Crippen LogP contribution in [-0.2, 0) is 38.1 Å². The molecule has 0 aliphatic heterocycles. The van der Waals surface area contributed by atoms with Crippen molar-refractivity contribution in [2.45, 2.75) is 11.8 Å². The number of esters is 4. The summed E-state index contributed by atoms with van der Waals surface area (Å²) >= 11 is 0. The number of benzene rings is 1. The Balaban J connectivity index is 1.96. The first-order valence-electron chi connectivity index (χ1n) is 8.83. The molecule has 3 aliphatic carbocycles. The van der Waals surface area contributed by atoms with Gasteiger partial charge in [0.1, 0.15) is 0 Å². The van der Waals surface area contributed by atoms with Crippen LogP contribution in [0.15, 0.2) is 24.3 Å². The van der Waals surface area contributed by atoms with Crippen molar-refractivity contribution in [1.29, 1.82) is 0 Å². The molecule has 0 spiro atoms. The maximum absolute atomic E-state index is 12.8. The van der Waals surface area contributed by atoms with Crippen LogP contribution in [0.25, 0.3) is 0 Å². The Labute approximate surface area is 161 Å². The molecule has 2 saturated carbocycles. The number of rotatable bonds is 4. The van der Waals surface area contributed by atoms with Gasteiger partial charge in [-0.3, -0.25) is 19.2 Å². The van der Waals surface area contributed by atoms with E-state index in [-0.39, 0.29) is 0 Å². The Bertz CT molecular complexity index is 798. The van der Waals surface area contributed by atoms with Gasteiger partial charge in [0.25, 0.3) is 0 Å². The van der Waals surface area contributed by atoms with Gasteiger partial charge in [-0.2, -0.15) is 0 Å². The normalized spacial score (nSPS) is 29.1. The molecule has 4 atom stereocenters. The van der Waals surface area contributed by atoms with Crippen LogP contribution in [0.1, 0.15) is 23.0 Å². The first kappa shape index (κ1) is 18.5. The van der Waals surface area contributed by atoms with Gasteiger partial charge < -0.3 is 18.9 Å². The summed E-state index contributed by atoms with van der Waals surface area (Å²) in [6, 6.07) is 7.17. The summed E-state index contributed by atoms with van der Waals surface area (Å²) in [5.74, 6) is -5.26. The highest BCUT2D eigenvalue weighted by Crippen LogP contribution is 2.86. The van der Waals surface area contributed by atoms with E-state index in [1.165, 1.54) is 28.4 Å². The van der Waals surface area contributed by atoms with Crippen LogP contribution in [0.3, 0.4) is 0 Å². The molecule has 0 N–H and O–H groups in total. The van der Waals surface area contributed by atoms with Gasteiger partial charge in [-0.15, -0.1) is 0 Å². The second-order valence-electron chi connectivity index (χ2n) is 7.34. The van der Waals surface area contributed by atoms with Crippen molar-refractivity contribution in [1.82, 2.24) is 0 Å². The first-order chi connectivity index (χ1) is 13.4. The number of methoxy groups -OCH3 is 4. The number of hydrogen-bond donors (Lipinski definition) is 0. The van der Waals surface area contributed by atoms with E-state index in [1.54, 1.807) is 24.3 Å². The topological polar surface area (TPSA) is 105 Å². The van der Waals surface area contributed by atoms with Crippen LogP contribution < -0.4 is 0 Å². The number of carbonyl (C=O) groups excluding carboxylic acids is 4. The van der Waals surface area contributed by atoms with Gasteiger partial charge in [-0.25, -0.2) is 0 Å². The van der Waals surface area contributed by atoms with Crippen LogP contribution in [0.2, 0.25) is 0 Å². The minimum Gasteiger partial charge on any atom is -0.468 e. The number of fused-ring (bicyclic) bond motifs is 6. The summed E-state index contributed by atoms with van der Waals surface area (Å²) in [4.78, 5) is 51.1. The highest BCUT2D eigenvalue weighted by Gasteiger charge is 2.92. The maximum atomic E-state index is 12.8. The van der Waals surface area contributed by atoms with Gasteiger partial charge in [0.2, 0.25) is 0 Å². The molecular weight excluding hydrogens is 368 g/mol. The summed E-state index contributed by atoms with van der Waals surface area (Å²) < 4.78 is 19.8. The fraction of sp³-hybridized carbons (Fsp3) is 0.500. The molecule has 0 saturated heterocycles. The monoisotopic (exact) mass is 388 g/mol. The molecule has 4 rings (SSSR count). The first-order valence-corrected chi connectivity index (χ1v) is 8.83. The molecule has 8 heteroatoms. The van der Waals surface area contributed by atoms with Crippen LogP contribution in [0.5, 0.6) is 0 Å². The SMILES string of the molecule is COC(=O)C1(C(=O)OC)[C@H]2[C@H]3[C@@H](c4ccccc4[C@H]21)C3(C(=O)OC)C(=O)OC. The molecule has 8 nitrogen and oxygen atoms in total. The van der Waals surface area contributed by atoms with Crippen molar-refractivity contribution in [2.75, 3.05) is 28.4 Å². The van der Waals surface area contributed by atoms with Gasteiger partial charge in [-0.05, 0) is 11.1 Å². The quantitative estimate of drug-likeness (QED) is 0.424. The summed E-state index contributed by atoms with van der Waals surface area (Å²) in [7, 11) is 4.78. The van der Waals surface area contributed by atoms with Gasteiger partial charge >= 0.3 is 23.9 Å². The zero-order valence-electron chi connectivity index (χ0n) is 15.9. The second kappa shape index (κ2) is 5.80. The lowest BCUT2D eigenvalue weighted by molar-refractivity contribution is -0.166. The molecule has 0 unspecified atom stereocenters. The van der Waals surface area contributed by atoms with E-state index in [0.29, 0.717) is 0 Å². The molecule has 28 heavy (non-hydrogen) atoms. The lowest BCUT2D eigenvalue weighted by Gasteiger charge is -2.17. The molecule has 1 aromatic carbocycles. The highest BCUT2D eigenvalue weighted by molar-refractivity contribution is 6.11. The molecule has 0 bridgehead atoms. The van der Waals surface area contributed by atoms with E-state index in [2.05, 4.69) is 0 Å². The minimum absolute atomic E-state index is 0.541. The molecule has 0 heterocycles. The number of ether oxygens (including phenoxy) is 4. The van der Waals surface area contributed by atoms with Crippen molar-refractivity contribution in [3.8, 4) is 0 Å². The van der Waals surface area contributed by atoms with E-state index >= 15 is 0 Å². The molecule has 0 radical (unpaired) electrons. The molecule has 0 amide bonds. The Morgan fingerprint density at radius 3 is 1.18 bits per heavy atom. The van der Waals surface area contributed by atoms with Crippen molar-refractivity contribution in [3.63, 3.8) is 0 Å². The van der Waals surface area contributed by atoms with Gasteiger partial charge in [0.05, 0.1) is 28.4 Å². The summed E-state index contributed by atoms with van der Waals surface area (Å²) in [6.07, 6.45) is 0. The van der Waals surface area contributed by atoms with Crippen molar-refractivity contribution in [3.05, 3.63) is 35.4 Å². The van der Waals surface area contributed by atoms with Crippen LogP contribution in [0, 0.1) is 22.7 Å². The fourth-order valence-electron chi connectivity index (χ4n) is 5.66. The average molecular weight is 388 g/mol. The predicted molar refractivity (Wildman–Crippen MR) is 91.8 cm³/mol. The molecule has 2 fully saturated rings. The zero-order valence-corrected chi connectivity index (χ0v) is 15.9. The fourth-order valence-corrected chi connectivity index (χ4v) is 5.66. The van der Waals surface area contributed by atoms with E-state index < -0.39 is 58.4 Å². The largest absolute Gasteiger partial charge is 0.468 e. The standard InChI is InChI=1S/C20H20O8/c1-25-15(21)19(16(22)26-2)11-9-7-5-6-8-10(9)12-14(13(11)19)20(12,17(23)27-3)18(24)28-4/h5-8,11-14H,1-4H3/t11-,12-,13-,14-/m1/s1. The molecule has 1 aromatic rings. The van der Waals surface area contributed by atoms with Crippen LogP contribution in [-0.4, -0.2) is 52.3 Å². The van der Waals surface area contributed by atoms with E-state index in [4.69, 9.17) is 18.9 Å². The Kier molecular flexibility index (Phi) is 3.82. The van der Waals surface area contributed by atoms with Gasteiger partial charge in [-0.1, -0.05) is 24.3 Å². The predicted octanol–water partition coefficient (Wildman–Crippen LogP) is 0.792. The second-order valence-corrected chi connectivity index (χ2v) is 7.34. The third-order valence-corrected chi connectivity index (χ3v) is 6.68. The van der Waals surface area contributed by atoms with Gasteiger partial charge in [0.15, 0.2) is 10.8 Å².